The highest BCUT2D eigenvalue weighted by atomic mass is 16.2. The normalized spacial score (nSPS) is 37.5. The van der Waals surface area contributed by atoms with Crippen LogP contribution in [0, 0.1) is 5.92 Å². The fourth-order valence-electron chi connectivity index (χ4n) is 4.15. The molecule has 2 amide bonds. The van der Waals surface area contributed by atoms with Gasteiger partial charge in [0.1, 0.15) is 6.04 Å². The van der Waals surface area contributed by atoms with E-state index in [-0.39, 0.29) is 29.8 Å². The van der Waals surface area contributed by atoms with Crippen LogP contribution in [-0.2, 0) is 9.59 Å². The van der Waals surface area contributed by atoms with Crippen LogP contribution in [0.5, 0.6) is 0 Å². The van der Waals surface area contributed by atoms with Gasteiger partial charge < -0.3 is 10.2 Å². The molecule has 1 aliphatic carbocycles. The van der Waals surface area contributed by atoms with E-state index in [1.54, 1.807) is 7.05 Å². The fraction of sp³-hybridized carbons (Fsp3) is 0.857. The number of hydrogen-bond donors (Lipinski definition) is 2. The minimum Gasteiger partial charge on any atom is -0.359 e. The molecule has 112 valence electrons. The summed E-state index contributed by atoms with van der Waals surface area (Å²) in [4.78, 5) is 26.5. The van der Waals surface area contributed by atoms with Crippen molar-refractivity contribution in [1.82, 2.24) is 20.7 Å². The first-order valence-corrected chi connectivity index (χ1v) is 7.71. The maximum atomic E-state index is 12.6. The Kier molecular flexibility index (Phi) is 3.69. The number of hydrogen-bond acceptors (Lipinski definition) is 4. The zero-order chi connectivity index (χ0) is 14.3. The van der Waals surface area contributed by atoms with Gasteiger partial charge in [-0.05, 0) is 32.6 Å². The molecule has 0 aromatic rings. The third kappa shape index (κ3) is 2.02. The van der Waals surface area contributed by atoms with Gasteiger partial charge in [0.15, 0.2) is 0 Å². The van der Waals surface area contributed by atoms with Gasteiger partial charge in [0.2, 0.25) is 11.8 Å². The van der Waals surface area contributed by atoms with Gasteiger partial charge in [-0.15, -0.1) is 0 Å². The number of likely N-dealkylation sites (N-methyl/N-ethyl adjacent to an activating group) is 1. The lowest BCUT2D eigenvalue weighted by atomic mass is 9.78. The number of fused-ring (bicyclic) bond motifs is 3. The van der Waals surface area contributed by atoms with Gasteiger partial charge in [0.25, 0.3) is 0 Å². The van der Waals surface area contributed by atoms with Crippen molar-refractivity contribution in [1.29, 1.82) is 0 Å². The lowest BCUT2D eigenvalue weighted by Gasteiger charge is -2.51. The van der Waals surface area contributed by atoms with Crippen LogP contribution in [-0.4, -0.2) is 60.0 Å². The molecule has 6 nitrogen and oxygen atoms in total. The standard InChI is InChI=1S/C14H24N4O2/c1-3-17-12-8-9(13(19)15-2)4-5-10(12)18-11(14(17)20)6-7-16-18/h9-12,16H,3-8H2,1-2H3,(H,15,19). The third-order valence-electron chi connectivity index (χ3n) is 5.11. The van der Waals surface area contributed by atoms with Crippen molar-refractivity contribution in [2.24, 2.45) is 5.92 Å². The van der Waals surface area contributed by atoms with Gasteiger partial charge in [0, 0.05) is 38.1 Å². The van der Waals surface area contributed by atoms with E-state index in [0.29, 0.717) is 6.04 Å². The van der Waals surface area contributed by atoms with E-state index in [1.165, 1.54) is 0 Å². The van der Waals surface area contributed by atoms with Crippen molar-refractivity contribution >= 4 is 11.8 Å². The second-order valence-corrected chi connectivity index (χ2v) is 6.00. The minimum absolute atomic E-state index is 0.00718. The molecule has 3 rings (SSSR count). The van der Waals surface area contributed by atoms with E-state index in [1.807, 2.05) is 11.8 Å². The van der Waals surface area contributed by atoms with Crippen molar-refractivity contribution in [2.75, 3.05) is 20.1 Å². The molecule has 2 N–H and O–H groups in total. The largest absolute Gasteiger partial charge is 0.359 e. The zero-order valence-corrected chi connectivity index (χ0v) is 12.3. The highest BCUT2D eigenvalue weighted by Crippen LogP contribution is 2.37. The number of amides is 2. The molecule has 0 spiro atoms. The van der Waals surface area contributed by atoms with Crippen molar-refractivity contribution in [3.05, 3.63) is 0 Å². The molecule has 4 unspecified atom stereocenters. The molecular weight excluding hydrogens is 256 g/mol. The molecule has 0 radical (unpaired) electrons. The van der Waals surface area contributed by atoms with Gasteiger partial charge >= 0.3 is 0 Å². The molecule has 2 heterocycles. The first-order chi connectivity index (χ1) is 9.67. The Labute approximate surface area is 119 Å². The summed E-state index contributed by atoms with van der Waals surface area (Å²) in [6.07, 6.45) is 3.58. The van der Waals surface area contributed by atoms with Crippen LogP contribution in [0.4, 0.5) is 0 Å². The van der Waals surface area contributed by atoms with Crippen LogP contribution in [0.3, 0.4) is 0 Å². The summed E-state index contributed by atoms with van der Waals surface area (Å²) in [7, 11) is 1.69. The molecule has 0 aromatic heterocycles. The lowest BCUT2D eigenvalue weighted by molar-refractivity contribution is -0.155. The Morgan fingerprint density at radius 3 is 2.85 bits per heavy atom. The van der Waals surface area contributed by atoms with Crippen molar-refractivity contribution < 1.29 is 9.59 Å². The quantitative estimate of drug-likeness (QED) is 0.730. The van der Waals surface area contributed by atoms with Crippen LogP contribution in [0.25, 0.3) is 0 Å². The van der Waals surface area contributed by atoms with Crippen LogP contribution in [0.2, 0.25) is 0 Å². The number of nitrogens with one attached hydrogen (secondary N) is 2. The number of carbonyl (C=O) groups excluding carboxylic acids is 2. The second kappa shape index (κ2) is 5.33. The minimum atomic E-state index is 0.00718. The number of carbonyl (C=O) groups is 2. The smallest absolute Gasteiger partial charge is 0.241 e. The summed E-state index contributed by atoms with van der Waals surface area (Å²) in [6, 6.07) is 0.541. The highest BCUT2D eigenvalue weighted by Gasteiger charge is 2.50. The Balaban J connectivity index is 1.83. The van der Waals surface area contributed by atoms with Crippen LogP contribution < -0.4 is 10.7 Å². The average Bonchev–Trinajstić information content (AvgIpc) is 2.96. The number of nitrogens with zero attached hydrogens (tertiary/aromatic N) is 2. The van der Waals surface area contributed by atoms with E-state index in [2.05, 4.69) is 15.8 Å². The second-order valence-electron chi connectivity index (χ2n) is 6.00. The highest BCUT2D eigenvalue weighted by molar-refractivity contribution is 5.84. The average molecular weight is 280 g/mol. The summed E-state index contributed by atoms with van der Waals surface area (Å²) in [5.74, 6) is 0.391. The molecule has 0 bridgehead atoms. The molecule has 3 fully saturated rings. The summed E-state index contributed by atoms with van der Waals surface area (Å²) in [6.45, 7) is 3.66. The van der Waals surface area contributed by atoms with E-state index in [4.69, 9.17) is 0 Å². The van der Waals surface area contributed by atoms with Crippen molar-refractivity contribution in [2.45, 2.75) is 50.7 Å². The predicted molar refractivity (Wildman–Crippen MR) is 74.6 cm³/mol. The Morgan fingerprint density at radius 2 is 2.15 bits per heavy atom. The SMILES string of the molecule is CCN1C(=O)C2CCNN2C2CCC(C(=O)NC)CC21. The molecule has 20 heavy (non-hydrogen) atoms. The number of piperazine rings is 1. The van der Waals surface area contributed by atoms with Crippen LogP contribution >= 0.6 is 0 Å². The zero-order valence-electron chi connectivity index (χ0n) is 12.3. The summed E-state index contributed by atoms with van der Waals surface area (Å²) in [5, 5.41) is 4.93. The summed E-state index contributed by atoms with van der Waals surface area (Å²) < 4.78 is 0. The maximum absolute atomic E-state index is 12.6. The number of rotatable bonds is 2. The molecule has 6 heteroatoms. The van der Waals surface area contributed by atoms with Gasteiger partial charge in [0.05, 0.1) is 0 Å². The first-order valence-electron chi connectivity index (χ1n) is 7.71. The van der Waals surface area contributed by atoms with Crippen LogP contribution in [0.15, 0.2) is 0 Å². The summed E-state index contributed by atoms with van der Waals surface area (Å²) in [5.41, 5.74) is 3.38. The van der Waals surface area contributed by atoms with E-state index in [9.17, 15) is 9.59 Å². The Bertz CT molecular complexity index is 414. The topological polar surface area (TPSA) is 64.7 Å². The van der Waals surface area contributed by atoms with E-state index >= 15 is 0 Å². The Hall–Kier alpha value is -1.14. The van der Waals surface area contributed by atoms with Gasteiger partial charge in [-0.1, -0.05) is 0 Å². The maximum Gasteiger partial charge on any atom is 0.241 e. The molecular formula is C14H24N4O2. The molecule has 2 aliphatic heterocycles. The third-order valence-corrected chi connectivity index (χ3v) is 5.11. The van der Waals surface area contributed by atoms with Crippen molar-refractivity contribution in [3.63, 3.8) is 0 Å². The van der Waals surface area contributed by atoms with Crippen molar-refractivity contribution in [3.8, 4) is 0 Å². The molecule has 0 aromatic carbocycles. The van der Waals surface area contributed by atoms with E-state index in [0.717, 1.165) is 38.8 Å². The molecule has 4 atom stereocenters. The molecule has 2 saturated heterocycles. The Morgan fingerprint density at radius 1 is 1.35 bits per heavy atom. The van der Waals surface area contributed by atoms with E-state index < -0.39 is 0 Å². The predicted octanol–water partition coefficient (Wildman–Crippen LogP) is -0.289. The van der Waals surface area contributed by atoms with Crippen LogP contribution in [0.1, 0.15) is 32.6 Å². The summed E-state index contributed by atoms with van der Waals surface area (Å²) >= 11 is 0. The first kappa shape index (κ1) is 13.8. The monoisotopic (exact) mass is 280 g/mol. The van der Waals surface area contributed by atoms with Gasteiger partial charge in [-0.2, -0.15) is 0 Å². The number of hydrazine groups is 1. The van der Waals surface area contributed by atoms with Gasteiger partial charge in [-0.3, -0.25) is 15.0 Å². The lowest BCUT2D eigenvalue weighted by Crippen LogP contribution is -2.68. The fourth-order valence-corrected chi connectivity index (χ4v) is 4.15. The molecule has 3 aliphatic rings. The van der Waals surface area contributed by atoms with Gasteiger partial charge in [-0.25, -0.2) is 5.01 Å². The molecule has 1 saturated carbocycles.